The summed E-state index contributed by atoms with van der Waals surface area (Å²) in [7, 11) is 0. The van der Waals surface area contributed by atoms with Gasteiger partial charge < -0.3 is 0 Å². The fourth-order valence-corrected chi connectivity index (χ4v) is 10.5. The monoisotopic (exact) mass is 748 g/mol. The van der Waals surface area contributed by atoms with E-state index in [0.717, 1.165) is 33.6 Å². The Hall–Kier alpha value is -6.72. The van der Waals surface area contributed by atoms with Gasteiger partial charge in [-0.05, 0) is 75.8 Å². The van der Waals surface area contributed by atoms with Crippen molar-refractivity contribution in [2.45, 2.75) is 0 Å². The largest absolute Gasteiger partial charge is 0.228 e. The quantitative estimate of drug-likeness (QED) is 0.169. The summed E-state index contributed by atoms with van der Waals surface area (Å²) in [5.41, 5.74) is 12.0. The van der Waals surface area contributed by atoms with E-state index in [1.54, 1.807) is 0 Å². The molecule has 0 unspecified atom stereocenters. The molecule has 0 bridgehead atoms. The number of hydrogen-bond donors (Lipinski definition) is 0. The van der Waals surface area contributed by atoms with Gasteiger partial charge >= 0.3 is 0 Å². The van der Waals surface area contributed by atoms with Crippen LogP contribution in [0.25, 0.3) is 108 Å². The molecule has 11 aromatic rings. The number of benzene rings is 8. The summed E-state index contributed by atoms with van der Waals surface area (Å²) in [4.78, 5) is 10.6. The van der Waals surface area contributed by atoms with Crippen LogP contribution in [0, 0.1) is 0 Å². The molecule has 3 heterocycles. The minimum Gasteiger partial charge on any atom is -0.228 e. The van der Waals surface area contributed by atoms with E-state index >= 15 is 0 Å². The number of fused-ring (bicyclic) bond motifs is 6. The molecule has 0 saturated heterocycles. The molecular formula is C52H32N2S2. The van der Waals surface area contributed by atoms with Crippen LogP contribution in [0.2, 0.25) is 0 Å². The molecule has 0 amide bonds. The molecule has 0 N–H and O–H groups in total. The van der Waals surface area contributed by atoms with E-state index in [9.17, 15) is 0 Å². The standard InChI is InChI=1S/C52H32N2S2/c1-3-14-33(15-4-1)35-18-11-19-36(28-35)46-32-47(54-52(53-46)34-16-5-2-6-17-34)39-30-37(40-22-12-24-44-42-20-7-9-26-48(42)55-50(40)44)29-38(31-39)41-23-13-25-45-43-21-8-10-27-49(43)56-51(41)45/h1-32H. The van der Waals surface area contributed by atoms with Crippen LogP contribution in [-0.2, 0) is 0 Å². The summed E-state index contributed by atoms with van der Waals surface area (Å²) in [6.07, 6.45) is 0. The van der Waals surface area contributed by atoms with E-state index in [1.807, 2.05) is 28.7 Å². The molecule has 0 radical (unpaired) electrons. The Morgan fingerprint density at radius 1 is 0.286 bits per heavy atom. The van der Waals surface area contributed by atoms with Gasteiger partial charge in [0.1, 0.15) is 0 Å². The topological polar surface area (TPSA) is 25.8 Å². The SMILES string of the molecule is c1ccc(-c2cccc(-c3cc(-c4cc(-c5cccc6c5sc5ccccc56)cc(-c5cccc6c5sc5ccccc56)c4)nc(-c4ccccc4)n3)c2)cc1. The third-order valence-electron chi connectivity index (χ3n) is 10.7. The molecule has 0 aliphatic heterocycles. The number of rotatable bonds is 6. The first-order valence-electron chi connectivity index (χ1n) is 18.8. The third-order valence-corrected chi connectivity index (χ3v) is 13.1. The van der Waals surface area contributed by atoms with E-state index in [1.165, 1.54) is 68.2 Å². The van der Waals surface area contributed by atoms with Gasteiger partial charge in [-0.15, -0.1) is 22.7 Å². The molecule has 0 saturated carbocycles. The van der Waals surface area contributed by atoms with Gasteiger partial charge in [0.05, 0.1) is 11.4 Å². The molecule has 56 heavy (non-hydrogen) atoms. The molecule has 0 atom stereocenters. The van der Waals surface area contributed by atoms with E-state index in [-0.39, 0.29) is 0 Å². The predicted octanol–water partition coefficient (Wildman–Crippen LogP) is 15.2. The van der Waals surface area contributed by atoms with Gasteiger partial charge in [-0.2, -0.15) is 0 Å². The van der Waals surface area contributed by atoms with Crippen LogP contribution >= 0.6 is 22.7 Å². The molecule has 11 rings (SSSR count). The number of aromatic nitrogens is 2. The van der Waals surface area contributed by atoms with Gasteiger partial charge in [0.2, 0.25) is 0 Å². The zero-order chi connectivity index (χ0) is 37.0. The molecule has 2 nitrogen and oxygen atoms in total. The first kappa shape index (κ1) is 32.7. The van der Waals surface area contributed by atoms with E-state index in [0.29, 0.717) is 5.82 Å². The van der Waals surface area contributed by atoms with Crippen molar-refractivity contribution < 1.29 is 0 Å². The Bertz CT molecular complexity index is 3120. The van der Waals surface area contributed by atoms with Crippen LogP contribution in [-0.4, -0.2) is 9.97 Å². The Morgan fingerprint density at radius 3 is 1.32 bits per heavy atom. The van der Waals surface area contributed by atoms with E-state index in [2.05, 4.69) is 188 Å². The first-order valence-corrected chi connectivity index (χ1v) is 20.4. The average molecular weight is 749 g/mol. The molecule has 3 aromatic heterocycles. The maximum Gasteiger partial charge on any atom is 0.160 e. The summed E-state index contributed by atoms with van der Waals surface area (Å²) in [6.45, 7) is 0. The average Bonchev–Trinajstić information content (AvgIpc) is 3.86. The maximum absolute atomic E-state index is 5.34. The molecular weight excluding hydrogens is 717 g/mol. The molecule has 262 valence electrons. The lowest BCUT2D eigenvalue weighted by atomic mass is 9.93. The maximum atomic E-state index is 5.34. The highest BCUT2D eigenvalue weighted by molar-refractivity contribution is 7.26. The van der Waals surface area contributed by atoms with Crippen LogP contribution in [0.15, 0.2) is 194 Å². The second kappa shape index (κ2) is 13.5. The number of nitrogens with zero attached hydrogens (tertiary/aromatic N) is 2. The van der Waals surface area contributed by atoms with Crippen LogP contribution in [0.5, 0.6) is 0 Å². The Kier molecular flexibility index (Phi) is 7.90. The molecule has 8 aromatic carbocycles. The summed E-state index contributed by atoms with van der Waals surface area (Å²) in [5, 5.41) is 5.17. The number of hydrogen-bond acceptors (Lipinski definition) is 4. The third kappa shape index (κ3) is 5.70. The van der Waals surface area contributed by atoms with Gasteiger partial charge in [-0.25, -0.2) is 9.97 Å². The second-order valence-corrected chi connectivity index (χ2v) is 16.2. The van der Waals surface area contributed by atoms with Gasteiger partial charge in [-0.3, -0.25) is 0 Å². The van der Waals surface area contributed by atoms with Gasteiger partial charge in [0, 0.05) is 57.0 Å². The van der Waals surface area contributed by atoms with Crippen molar-refractivity contribution in [1.29, 1.82) is 0 Å². The molecule has 0 aliphatic carbocycles. The van der Waals surface area contributed by atoms with Crippen molar-refractivity contribution in [3.63, 3.8) is 0 Å². The zero-order valence-corrected chi connectivity index (χ0v) is 31.8. The molecule has 0 aliphatic rings. The fraction of sp³-hybridized carbons (Fsp3) is 0. The number of thiophene rings is 2. The minimum atomic E-state index is 0.702. The van der Waals surface area contributed by atoms with Crippen molar-refractivity contribution in [1.82, 2.24) is 9.97 Å². The smallest absolute Gasteiger partial charge is 0.160 e. The van der Waals surface area contributed by atoms with E-state index < -0.39 is 0 Å². The summed E-state index contributed by atoms with van der Waals surface area (Å²) in [5.74, 6) is 0.702. The fourth-order valence-electron chi connectivity index (χ4n) is 7.98. The van der Waals surface area contributed by atoms with Crippen molar-refractivity contribution in [2.24, 2.45) is 0 Å². The summed E-state index contributed by atoms with van der Waals surface area (Å²) < 4.78 is 5.19. The molecule has 0 spiro atoms. The minimum absolute atomic E-state index is 0.702. The second-order valence-electron chi connectivity index (χ2n) is 14.1. The van der Waals surface area contributed by atoms with Gasteiger partial charge in [0.15, 0.2) is 5.82 Å². The summed E-state index contributed by atoms with van der Waals surface area (Å²) >= 11 is 3.73. The van der Waals surface area contributed by atoms with Crippen molar-refractivity contribution in [3.8, 4) is 67.3 Å². The lowest BCUT2D eigenvalue weighted by Crippen LogP contribution is -1.97. The normalized spacial score (nSPS) is 11.6. The van der Waals surface area contributed by atoms with Crippen molar-refractivity contribution in [2.75, 3.05) is 0 Å². The predicted molar refractivity (Wildman–Crippen MR) is 240 cm³/mol. The molecule has 0 fully saturated rings. The van der Waals surface area contributed by atoms with Gasteiger partial charge in [-0.1, -0.05) is 152 Å². The highest BCUT2D eigenvalue weighted by Crippen LogP contribution is 2.45. The lowest BCUT2D eigenvalue weighted by molar-refractivity contribution is 1.18. The van der Waals surface area contributed by atoms with Crippen molar-refractivity contribution >= 4 is 63.0 Å². The van der Waals surface area contributed by atoms with Gasteiger partial charge in [0.25, 0.3) is 0 Å². The Balaban J connectivity index is 1.17. The van der Waals surface area contributed by atoms with Crippen molar-refractivity contribution in [3.05, 3.63) is 194 Å². The Morgan fingerprint density at radius 2 is 0.714 bits per heavy atom. The van der Waals surface area contributed by atoms with E-state index in [4.69, 9.17) is 9.97 Å². The van der Waals surface area contributed by atoms with Crippen LogP contribution in [0.4, 0.5) is 0 Å². The lowest BCUT2D eigenvalue weighted by Gasteiger charge is -2.14. The van der Waals surface area contributed by atoms with Crippen LogP contribution in [0.1, 0.15) is 0 Å². The van der Waals surface area contributed by atoms with Crippen LogP contribution < -0.4 is 0 Å². The first-order chi connectivity index (χ1) is 27.7. The highest BCUT2D eigenvalue weighted by Gasteiger charge is 2.18. The molecule has 4 heteroatoms. The summed E-state index contributed by atoms with van der Waals surface area (Å²) in [6, 6.07) is 69.7. The zero-order valence-electron chi connectivity index (χ0n) is 30.2. The Labute approximate surface area is 332 Å². The van der Waals surface area contributed by atoms with Crippen LogP contribution in [0.3, 0.4) is 0 Å². The highest BCUT2D eigenvalue weighted by atomic mass is 32.1.